The summed E-state index contributed by atoms with van der Waals surface area (Å²) >= 11 is 12.9. The first-order chi connectivity index (χ1) is 21.3. The number of rotatable bonds is 11. The molecule has 1 atom stereocenters. The van der Waals surface area contributed by atoms with Gasteiger partial charge in [0.15, 0.2) is 0 Å². The Bertz CT molecular complexity index is 1740. The van der Waals surface area contributed by atoms with Gasteiger partial charge >= 0.3 is 0 Å². The Morgan fingerprint density at radius 1 is 0.844 bits per heavy atom. The Labute approximate surface area is 275 Å². The smallest absolute Gasteiger partial charge is 0.264 e. The third-order valence-electron chi connectivity index (χ3n) is 7.12. The van der Waals surface area contributed by atoms with Crippen LogP contribution in [0.2, 0.25) is 10.0 Å². The predicted molar refractivity (Wildman–Crippen MR) is 181 cm³/mol. The van der Waals surface area contributed by atoms with E-state index in [1.54, 1.807) is 61.5 Å². The van der Waals surface area contributed by atoms with Crippen LogP contribution in [-0.2, 0) is 32.6 Å². The van der Waals surface area contributed by atoms with E-state index < -0.39 is 34.1 Å². The lowest BCUT2D eigenvalue weighted by Crippen LogP contribution is -2.56. The first-order valence-electron chi connectivity index (χ1n) is 14.5. The van der Waals surface area contributed by atoms with Crippen molar-refractivity contribution >= 4 is 50.7 Å². The number of anilines is 1. The molecule has 4 rings (SSSR count). The number of hydrogen-bond acceptors (Lipinski definition) is 4. The summed E-state index contributed by atoms with van der Waals surface area (Å²) in [5, 5.41) is 3.75. The molecule has 0 radical (unpaired) electrons. The van der Waals surface area contributed by atoms with Crippen molar-refractivity contribution in [2.45, 2.75) is 57.1 Å². The van der Waals surface area contributed by atoms with Gasteiger partial charge in [0.25, 0.3) is 10.0 Å². The lowest BCUT2D eigenvalue weighted by atomic mass is 10.0. The monoisotopic (exact) mass is 665 g/mol. The van der Waals surface area contributed by atoms with Gasteiger partial charge in [0.2, 0.25) is 11.8 Å². The second-order valence-electron chi connectivity index (χ2n) is 11.8. The van der Waals surface area contributed by atoms with E-state index in [0.717, 1.165) is 9.87 Å². The normalized spacial score (nSPS) is 12.3. The molecule has 10 heteroatoms. The number of hydrogen-bond donors (Lipinski definition) is 1. The quantitative estimate of drug-likeness (QED) is 0.186. The summed E-state index contributed by atoms with van der Waals surface area (Å²) in [6.07, 6.45) is 0.195. The summed E-state index contributed by atoms with van der Waals surface area (Å²) in [6, 6.07) is 28.2. The summed E-state index contributed by atoms with van der Waals surface area (Å²) in [5.74, 6) is -0.957. The van der Waals surface area contributed by atoms with E-state index in [9.17, 15) is 18.0 Å². The zero-order chi connectivity index (χ0) is 32.8. The van der Waals surface area contributed by atoms with E-state index in [1.165, 1.54) is 23.1 Å². The average molecular weight is 667 g/mol. The van der Waals surface area contributed by atoms with Crippen molar-refractivity contribution in [3.05, 3.63) is 130 Å². The number of amides is 2. The van der Waals surface area contributed by atoms with Crippen LogP contribution in [0.4, 0.5) is 5.69 Å². The summed E-state index contributed by atoms with van der Waals surface area (Å²) in [4.78, 5) is 30.0. The first-order valence-corrected chi connectivity index (χ1v) is 16.7. The van der Waals surface area contributed by atoms with Crippen molar-refractivity contribution < 1.29 is 18.0 Å². The van der Waals surface area contributed by atoms with Crippen LogP contribution in [-0.4, -0.2) is 43.3 Å². The average Bonchev–Trinajstić information content (AvgIpc) is 2.99. The van der Waals surface area contributed by atoms with Crippen LogP contribution in [0, 0.1) is 6.92 Å². The summed E-state index contributed by atoms with van der Waals surface area (Å²) in [6.45, 7) is 6.72. The maximum atomic E-state index is 14.6. The number of sulfonamides is 1. The molecule has 2 amide bonds. The predicted octanol–water partition coefficient (Wildman–Crippen LogP) is 7.05. The molecule has 4 aromatic rings. The summed E-state index contributed by atoms with van der Waals surface area (Å²) in [5.41, 5.74) is 1.73. The fourth-order valence-corrected chi connectivity index (χ4v) is 6.75. The Balaban J connectivity index is 1.85. The van der Waals surface area contributed by atoms with Gasteiger partial charge in [-0.25, -0.2) is 8.42 Å². The molecule has 0 unspecified atom stereocenters. The highest BCUT2D eigenvalue weighted by Crippen LogP contribution is 2.30. The molecule has 0 saturated carbocycles. The van der Waals surface area contributed by atoms with Crippen LogP contribution >= 0.6 is 23.2 Å². The highest BCUT2D eigenvalue weighted by Gasteiger charge is 2.36. The number of aryl methyl sites for hydroxylation is 1. The Morgan fingerprint density at radius 3 is 2.07 bits per heavy atom. The van der Waals surface area contributed by atoms with Gasteiger partial charge in [-0.15, -0.1) is 0 Å². The Morgan fingerprint density at radius 2 is 1.44 bits per heavy atom. The van der Waals surface area contributed by atoms with Crippen LogP contribution in [0.1, 0.15) is 37.5 Å². The van der Waals surface area contributed by atoms with Gasteiger partial charge in [-0.2, -0.15) is 0 Å². The van der Waals surface area contributed by atoms with Gasteiger partial charge in [-0.1, -0.05) is 96.0 Å². The zero-order valence-corrected chi connectivity index (χ0v) is 28.0. The second kappa shape index (κ2) is 14.5. The number of carbonyl (C=O) groups is 2. The third kappa shape index (κ3) is 8.87. The topological polar surface area (TPSA) is 86.8 Å². The van der Waals surface area contributed by atoms with E-state index in [2.05, 4.69) is 5.32 Å². The molecule has 0 aliphatic heterocycles. The van der Waals surface area contributed by atoms with Crippen LogP contribution < -0.4 is 9.62 Å². The maximum absolute atomic E-state index is 14.6. The molecule has 45 heavy (non-hydrogen) atoms. The fourth-order valence-electron chi connectivity index (χ4n) is 4.90. The highest BCUT2D eigenvalue weighted by molar-refractivity contribution is 7.92. The van der Waals surface area contributed by atoms with Gasteiger partial charge in [0.05, 0.1) is 10.6 Å². The molecule has 0 aliphatic carbocycles. The van der Waals surface area contributed by atoms with Gasteiger partial charge in [0.1, 0.15) is 12.6 Å². The zero-order valence-electron chi connectivity index (χ0n) is 25.7. The van der Waals surface area contributed by atoms with Crippen LogP contribution in [0.25, 0.3) is 0 Å². The van der Waals surface area contributed by atoms with Gasteiger partial charge in [-0.05, 0) is 74.7 Å². The van der Waals surface area contributed by atoms with Crippen molar-refractivity contribution in [3.8, 4) is 0 Å². The molecule has 0 spiro atoms. The van der Waals surface area contributed by atoms with Crippen LogP contribution in [0.15, 0.2) is 108 Å². The minimum atomic E-state index is -4.24. The Hall–Kier alpha value is -3.85. The van der Waals surface area contributed by atoms with E-state index in [-0.39, 0.29) is 29.5 Å². The lowest BCUT2D eigenvalue weighted by Gasteiger charge is -2.35. The molecule has 0 aromatic heterocycles. The molecule has 0 saturated heterocycles. The second-order valence-corrected chi connectivity index (χ2v) is 14.5. The minimum Gasteiger partial charge on any atom is -0.350 e. The van der Waals surface area contributed by atoms with E-state index in [1.807, 2.05) is 51.1 Å². The molecular weight excluding hydrogens is 629 g/mol. The minimum absolute atomic E-state index is 0.0149. The van der Waals surface area contributed by atoms with E-state index in [0.29, 0.717) is 21.2 Å². The van der Waals surface area contributed by atoms with Gasteiger partial charge in [-0.3, -0.25) is 13.9 Å². The van der Waals surface area contributed by atoms with Crippen LogP contribution in [0.3, 0.4) is 0 Å². The number of benzene rings is 4. The molecule has 0 fully saturated rings. The third-order valence-corrected chi connectivity index (χ3v) is 9.50. The Kier molecular flexibility index (Phi) is 11.0. The summed E-state index contributed by atoms with van der Waals surface area (Å²) < 4.78 is 29.4. The standard InChI is InChI=1S/C35H37Cl2N3O4S/c1-25-19-20-28(36)22-31(25)40(45(43,44)29-16-9-6-10-17-29)24-33(41)39(23-27-15-11-12-18-30(27)37)32(34(42)38-35(2,3)4)21-26-13-7-5-8-14-26/h5-20,22,32H,21,23-24H2,1-4H3,(H,38,42)/t32-/m1/s1. The molecule has 0 aliphatic rings. The SMILES string of the molecule is Cc1ccc(Cl)cc1N(CC(=O)N(Cc1ccccc1Cl)[C@H](Cc1ccccc1)C(=O)NC(C)(C)C)S(=O)(=O)c1ccccc1. The molecule has 1 N–H and O–H groups in total. The number of nitrogens with zero attached hydrogens (tertiary/aromatic N) is 2. The number of nitrogens with one attached hydrogen (secondary N) is 1. The molecule has 0 heterocycles. The van der Waals surface area contributed by atoms with Crippen molar-refractivity contribution in [3.63, 3.8) is 0 Å². The number of halogens is 2. The lowest BCUT2D eigenvalue weighted by molar-refractivity contribution is -0.140. The number of carbonyl (C=O) groups excluding carboxylic acids is 2. The van der Waals surface area contributed by atoms with Crippen LogP contribution in [0.5, 0.6) is 0 Å². The summed E-state index contributed by atoms with van der Waals surface area (Å²) in [7, 11) is -4.24. The molecule has 0 bridgehead atoms. The highest BCUT2D eigenvalue weighted by atomic mass is 35.5. The van der Waals surface area contributed by atoms with Gasteiger partial charge in [0, 0.05) is 28.5 Å². The van der Waals surface area contributed by atoms with Crippen molar-refractivity contribution in [2.24, 2.45) is 0 Å². The van der Waals surface area contributed by atoms with Crippen molar-refractivity contribution in [2.75, 3.05) is 10.8 Å². The molecular formula is C35H37Cl2N3O4S. The van der Waals surface area contributed by atoms with E-state index in [4.69, 9.17) is 23.2 Å². The molecule has 4 aromatic carbocycles. The van der Waals surface area contributed by atoms with E-state index >= 15 is 0 Å². The largest absolute Gasteiger partial charge is 0.350 e. The van der Waals surface area contributed by atoms with Crippen molar-refractivity contribution in [1.29, 1.82) is 0 Å². The molecule has 236 valence electrons. The maximum Gasteiger partial charge on any atom is 0.264 e. The fraction of sp³-hybridized carbons (Fsp3) is 0.257. The first kappa shape index (κ1) is 34.0. The van der Waals surface area contributed by atoms with Crippen molar-refractivity contribution in [1.82, 2.24) is 10.2 Å². The van der Waals surface area contributed by atoms with Gasteiger partial charge < -0.3 is 10.2 Å². The molecule has 7 nitrogen and oxygen atoms in total.